The predicted molar refractivity (Wildman–Crippen MR) is 81.8 cm³/mol. The Kier molecular flexibility index (Phi) is 5.99. The van der Waals surface area contributed by atoms with Gasteiger partial charge in [-0.15, -0.1) is 0 Å². The van der Waals surface area contributed by atoms with Gasteiger partial charge in [0.05, 0.1) is 0 Å². The van der Waals surface area contributed by atoms with Gasteiger partial charge in [-0.3, -0.25) is 14.4 Å². The maximum absolute atomic E-state index is 11.5. The third kappa shape index (κ3) is 2.95. The minimum Gasteiger partial charge on any atom is -0.480 e. The number of amides is 1. The van der Waals surface area contributed by atoms with Crippen molar-refractivity contribution in [2.45, 2.75) is 19.8 Å². The summed E-state index contributed by atoms with van der Waals surface area (Å²) in [5.41, 5.74) is -1.05. The fourth-order valence-corrected chi connectivity index (χ4v) is 2.61. The van der Waals surface area contributed by atoms with Crippen LogP contribution < -0.4 is 5.73 Å². The molecule has 1 heterocycles. The summed E-state index contributed by atoms with van der Waals surface area (Å²) in [5.74, 6) is -8.74. The number of carboxylic acids is 2. The molecular formula is C16H17NO8. The molecule has 0 radical (unpaired) electrons. The van der Waals surface area contributed by atoms with E-state index < -0.39 is 47.0 Å². The number of esters is 2. The normalized spacial score (nSPS) is 15.1. The van der Waals surface area contributed by atoms with Crippen molar-refractivity contribution in [2.75, 3.05) is 0 Å². The second kappa shape index (κ2) is 7.56. The molecule has 4 N–H and O–H groups in total. The average Bonchev–Trinajstić information content (AvgIpc) is 2.55. The van der Waals surface area contributed by atoms with Gasteiger partial charge in [0.25, 0.3) is 5.41 Å². The fraction of sp³-hybridized carbons (Fsp3) is 0.312. The largest absolute Gasteiger partial charge is 0.480 e. The van der Waals surface area contributed by atoms with Crippen LogP contribution >= 0.6 is 0 Å². The minimum atomic E-state index is -3.01. The number of nitrogens with two attached hydrogens (primary N) is 1. The Morgan fingerprint density at radius 3 is 1.56 bits per heavy atom. The zero-order valence-electron chi connectivity index (χ0n) is 13.3. The highest BCUT2D eigenvalue weighted by atomic mass is 16.6. The van der Waals surface area contributed by atoms with Crippen LogP contribution in [0.1, 0.15) is 19.8 Å². The zero-order valence-corrected chi connectivity index (χ0v) is 13.3. The molecular weight excluding hydrogens is 334 g/mol. The van der Waals surface area contributed by atoms with Gasteiger partial charge in [-0.25, -0.2) is 9.59 Å². The van der Waals surface area contributed by atoms with Crippen LogP contribution in [0.4, 0.5) is 0 Å². The Morgan fingerprint density at radius 2 is 1.36 bits per heavy atom. The summed E-state index contributed by atoms with van der Waals surface area (Å²) < 4.78 is 3.96. The average molecular weight is 351 g/mol. The van der Waals surface area contributed by atoms with Gasteiger partial charge >= 0.3 is 23.9 Å². The quantitative estimate of drug-likeness (QED) is 0.483. The van der Waals surface area contributed by atoms with Gasteiger partial charge in [0, 0.05) is 0 Å². The molecule has 9 heteroatoms. The molecule has 1 saturated heterocycles. The lowest BCUT2D eigenvalue weighted by Gasteiger charge is -2.43. The SMILES string of the molecule is CCCC(C(=O)O)(C(=O)O)C1(C(N)=O)C(=O)OC1=O.c1ccccc1. The van der Waals surface area contributed by atoms with Gasteiger partial charge in [0.1, 0.15) is 0 Å². The molecule has 0 saturated carbocycles. The Bertz CT molecular complexity index is 629. The van der Waals surface area contributed by atoms with E-state index in [4.69, 9.17) is 15.9 Å². The lowest BCUT2D eigenvalue weighted by atomic mass is 9.58. The van der Waals surface area contributed by atoms with E-state index in [0.29, 0.717) is 0 Å². The topological polar surface area (TPSA) is 161 Å². The number of primary amides is 1. The molecule has 0 bridgehead atoms. The first-order chi connectivity index (χ1) is 11.7. The molecule has 0 atom stereocenters. The summed E-state index contributed by atoms with van der Waals surface area (Å²) in [6.07, 6.45) is -0.629. The van der Waals surface area contributed by atoms with Crippen LogP contribution in [0.5, 0.6) is 0 Å². The Balaban J connectivity index is 0.000000435. The smallest absolute Gasteiger partial charge is 0.342 e. The molecule has 1 amide bonds. The minimum absolute atomic E-state index is 0.00576. The number of benzene rings is 1. The first-order valence-corrected chi connectivity index (χ1v) is 7.23. The van der Waals surface area contributed by atoms with Gasteiger partial charge in [-0.2, -0.15) is 0 Å². The standard InChI is InChI=1S/C10H11NO8.C6H6/c1-2-3-9(5(13)14,6(15)16)10(4(11)12)7(17)19-8(10)18;1-2-4-6-5-3-1/h2-3H2,1H3,(H2,11,12)(H,13,14)(H,15,16);1-6H. The van der Waals surface area contributed by atoms with Crippen LogP contribution in [-0.2, 0) is 28.7 Å². The first kappa shape index (κ1) is 19.8. The zero-order chi connectivity index (χ0) is 19.3. The molecule has 0 aliphatic carbocycles. The van der Waals surface area contributed by atoms with Crippen molar-refractivity contribution in [1.82, 2.24) is 0 Å². The van der Waals surface area contributed by atoms with Crippen LogP contribution in [0.2, 0.25) is 0 Å². The second-order valence-electron chi connectivity index (χ2n) is 5.21. The van der Waals surface area contributed by atoms with E-state index in [-0.39, 0.29) is 6.42 Å². The molecule has 2 rings (SSSR count). The lowest BCUT2D eigenvalue weighted by Crippen LogP contribution is -2.73. The van der Waals surface area contributed by atoms with E-state index in [1.807, 2.05) is 36.4 Å². The van der Waals surface area contributed by atoms with Gasteiger partial charge in [-0.1, -0.05) is 49.7 Å². The summed E-state index contributed by atoms with van der Waals surface area (Å²) in [4.78, 5) is 57.0. The first-order valence-electron chi connectivity index (χ1n) is 7.23. The highest BCUT2D eigenvalue weighted by molar-refractivity contribution is 6.34. The number of ether oxygens (including phenoxy) is 1. The maximum Gasteiger partial charge on any atom is 0.342 e. The van der Waals surface area contributed by atoms with Crippen molar-refractivity contribution in [1.29, 1.82) is 0 Å². The van der Waals surface area contributed by atoms with Crippen molar-refractivity contribution in [3.8, 4) is 0 Å². The number of hydrogen-bond acceptors (Lipinski definition) is 6. The van der Waals surface area contributed by atoms with Crippen molar-refractivity contribution >= 4 is 29.8 Å². The van der Waals surface area contributed by atoms with Crippen LogP contribution in [0.3, 0.4) is 0 Å². The van der Waals surface area contributed by atoms with Crippen molar-refractivity contribution < 1.29 is 38.9 Å². The molecule has 1 fully saturated rings. The third-order valence-corrected chi connectivity index (χ3v) is 3.83. The number of rotatable bonds is 6. The molecule has 0 aromatic heterocycles. The van der Waals surface area contributed by atoms with Crippen LogP contribution in [0.15, 0.2) is 36.4 Å². The number of cyclic esters (lactones) is 2. The molecule has 1 aliphatic heterocycles. The number of carboxylic acid groups (broad SMARTS) is 2. The Labute approximate surface area is 142 Å². The molecule has 25 heavy (non-hydrogen) atoms. The van der Waals surface area contributed by atoms with Gasteiger partial charge in [0.15, 0.2) is 0 Å². The summed E-state index contributed by atoms with van der Waals surface area (Å²) >= 11 is 0. The number of hydrogen-bond donors (Lipinski definition) is 3. The number of carbonyl (C=O) groups is 5. The third-order valence-electron chi connectivity index (χ3n) is 3.83. The van der Waals surface area contributed by atoms with Gasteiger partial charge < -0.3 is 20.7 Å². The summed E-state index contributed by atoms with van der Waals surface area (Å²) in [7, 11) is 0. The maximum atomic E-state index is 11.5. The van der Waals surface area contributed by atoms with E-state index >= 15 is 0 Å². The van der Waals surface area contributed by atoms with Gasteiger partial charge in [0.2, 0.25) is 11.3 Å². The second-order valence-corrected chi connectivity index (χ2v) is 5.21. The highest BCUT2D eigenvalue weighted by Crippen LogP contribution is 2.50. The van der Waals surface area contributed by atoms with E-state index in [2.05, 4.69) is 4.74 Å². The molecule has 1 aromatic carbocycles. The van der Waals surface area contributed by atoms with Crippen molar-refractivity contribution in [3.05, 3.63) is 36.4 Å². The van der Waals surface area contributed by atoms with E-state index in [1.165, 1.54) is 6.92 Å². The van der Waals surface area contributed by atoms with Crippen molar-refractivity contribution in [2.24, 2.45) is 16.6 Å². The fourth-order valence-electron chi connectivity index (χ4n) is 2.61. The summed E-state index contributed by atoms with van der Waals surface area (Å²) in [6.45, 7) is 1.43. The Hall–Kier alpha value is -3.23. The Morgan fingerprint density at radius 1 is 1.00 bits per heavy atom. The number of aliphatic carboxylic acids is 2. The monoisotopic (exact) mass is 351 g/mol. The summed E-state index contributed by atoms with van der Waals surface area (Å²) in [6, 6.07) is 12.0. The van der Waals surface area contributed by atoms with Crippen LogP contribution in [-0.4, -0.2) is 40.0 Å². The van der Waals surface area contributed by atoms with Crippen LogP contribution in [0, 0.1) is 10.8 Å². The molecule has 134 valence electrons. The van der Waals surface area contributed by atoms with Crippen molar-refractivity contribution in [3.63, 3.8) is 0 Å². The molecule has 0 spiro atoms. The molecule has 1 aromatic rings. The highest BCUT2D eigenvalue weighted by Gasteiger charge is 2.81. The number of carbonyl (C=O) groups excluding carboxylic acids is 3. The molecule has 0 unspecified atom stereocenters. The molecule has 9 nitrogen and oxygen atoms in total. The molecule has 1 aliphatic rings. The van der Waals surface area contributed by atoms with Gasteiger partial charge in [-0.05, 0) is 6.42 Å². The van der Waals surface area contributed by atoms with E-state index in [0.717, 1.165) is 0 Å². The van der Waals surface area contributed by atoms with E-state index in [1.54, 1.807) is 0 Å². The summed E-state index contributed by atoms with van der Waals surface area (Å²) in [5, 5.41) is 18.3. The van der Waals surface area contributed by atoms with Crippen LogP contribution in [0.25, 0.3) is 0 Å². The van der Waals surface area contributed by atoms with E-state index in [9.17, 15) is 24.0 Å². The predicted octanol–water partition coefficient (Wildman–Crippen LogP) is 0.184. The lowest BCUT2D eigenvalue weighted by molar-refractivity contribution is -0.218.